The van der Waals surface area contributed by atoms with E-state index in [1.165, 1.54) is 4.88 Å². The number of carbonyl (C=O) groups is 1. The number of thioether (sulfide) groups is 1. The Morgan fingerprint density at radius 1 is 1.50 bits per heavy atom. The zero-order valence-electron chi connectivity index (χ0n) is 10.7. The lowest BCUT2D eigenvalue weighted by Gasteiger charge is -2.28. The molecule has 18 heavy (non-hydrogen) atoms. The Morgan fingerprint density at radius 3 is 2.89 bits per heavy atom. The maximum Gasteiger partial charge on any atom is 0.317 e. The van der Waals surface area contributed by atoms with Gasteiger partial charge in [-0.3, -0.25) is 0 Å². The summed E-state index contributed by atoms with van der Waals surface area (Å²) in [5.41, 5.74) is 0. The molecule has 2 rings (SSSR count). The number of hydrogen-bond acceptors (Lipinski definition) is 3. The molecule has 0 aliphatic carbocycles. The molecule has 1 aliphatic rings. The Bertz CT molecular complexity index is 361. The standard InChI is InChI=1S/C13H20N2OS2/c1-2-4-11(12-5-3-8-18-12)14-13(16)15-6-9-17-10-7-15/h3,5,8,11H,2,4,6-7,9-10H2,1H3,(H,14,16)/t11-/m0/s1. The van der Waals surface area contributed by atoms with Crippen LogP contribution in [0.5, 0.6) is 0 Å². The number of urea groups is 1. The fourth-order valence-electron chi connectivity index (χ4n) is 2.07. The molecule has 0 aromatic carbocycles. The normalized spacial score (nSPS) is 17.5. The molecule has 2 amide bonds. The van der Waals surface area contributed by atoms with Gasteiger partial charge in [0, 0.05) is 29.5 Å². The predicted molar refractivity (Wildman–Crippen MR) is 79.4 cm³/mol. The lowest BCUT2D eigenvalue weighted by Crippen LogP contribution is -2.45. The van der Waals surface area contributed by atoms with Crippen LogP contribution in [-0.2, 0) is 0 Å². The van der Waals surface area contributed by atoms with Gasteiger partial charge in [0.15, 0.2) is 0 Å². The summed E-state index contributed by atoms with van der Waals surface area (Å²) in [4.78, 5) is 15.4. The second-order valence-corrected chi connectivity index (χ2v) is 6.61. The van der Waals surface area contributed by atoms with Crippen molar-refractivity contribution >= 4 is 29.1 Å². The van der Waals surface area contributed by atoms with E-state index in [4.69, 9.17) is 0 Å². The van der Waals surface area contributed by atoms with Crippen LogP contribution in [0.2, 0.25) is 0 Å². The van der Waals surface area contributed by atoms with Crippen LogP contribution < -0.4 is 5.32 Å². The van der Waals surface area contributed by atoms with E-state index in [1.54, 1.807) is 11.3 Å². The van der Waals surface area contributed by atoms with Gasteiger partial charge in [0.25, 0.3) is 0 Å². The molecule has 1 fully saturated rings. The van der Waals surface area contributed by atoms with Crippen LogP contribution in [0.4, 0.5) is 4.79 Å². The zero-order chi connectivity index (χ0) is 12.8. The Labute approximate surface area is 117 Å². The van der Waals surface area contributed by atoms with Crippen molar-refractivity contribution in [3.63, 3.8) is 0 Å². The van der Waals surface area contributed by atoms with Crippen LogP contribution in [-0.4, -0.2) is 35.5 Å². The molecule has 1 aromatic heterocycles. The van der Waals surface area contributed by atoms with Crippen molar-refractivity contribution in [2.75, 3.05) is 24.6 Å². The first-order valence-corrected chi connectivity index (χ1v) is 8.51. The van der Waals surface area contributed by atoms with Crippen LogP contribution in [0.25, 0.3) is 0 Å². The number of thiophene rings is 1. The molecule has 5 heteroatoms. The number of carbonyl (C=O) groups excluding carboxylic acids is 1. The van der Waals surface area contributed by atoms with Crippen LogP contribution in [0.3, 0.4) is 0 Å². The molecular formula is C13H20N2OS2. The largest absolute Gasteiger partial charge is 0.330 e. The van der Waals surface area contributed by atoms with Gasteiger partial charge in [-0.1, -0.05) is 19.4 Å². The Balaban J connectivity index is 1.93. The highest BCUT2D eigenvalue weighted by atomic mass is 32.2. The molecule has 0 bridgehead atoms. The van der Waals surface area contributed by atoms with Crippen molar-refractivity contribution in [2.45, 2.75) is 25.8 Å². The summed E-state index contributed by atoms with van der Waals surface area (Å²) in [7, 11) is 0. The predicted octanol–water partition coefficient (Wildman–Crippen LogP) is 3.35. The molecule has 1 saturated heterocycles. The molecule has 0 unspecified atom stereocenters. The van der Waals surface area contributed by atoms with E-state index in [0.29, 0.717) is 0 Å². The third-order valence-electron chi connectivity index (χ3n) is 3.06. The van der Waals surface area contributed by atoms with Gasteiger partial charge in [-0.2, -0.15) is 11.8 Å². The molecule has 1 aromatic rings. The average Bonchev–Trinajstić information content (AvgIpc) is 2.93. The van der Waals surface area contributed by atoms with Gasteiger partial charge in [0.1, 0.15) is 0 Å². The van der Waals surface area contributed by atoms with Crippen molar-refractivity contribution in [3.05, 3.63) is 22.4 Å². The third-order valence-corrected chi connectivity index (χ3v) is 4.99. The summed E-state index contributed by atoms with van der Waals surface area (Å²) in [6.07, 6.45) is 2.09. The fourth-order valence-corrected chi connectivity index (χ4v) is 3.79. The summed E-state index contributed by atoms with van der Waals surface area (Å²) in [6, 6.07) is 4.43. The summed E-state index contributed by atoms with van der Waals surface area (Å²) in [6.45, 7) is 3.91. The molecule has 1 atom stereocenters. The van der Waals surface area contributed by atoms with E-state index >= 15 is 0 Å². The van der Waals surface area contributed by atoms with E-state index in [0.717, 1.165) is 37.4 Å². The number of rotatable bonds is 4. The van der Waals surface area contributed by atoms with Crippen LogP contribution in [0, 0.1) is 0 Å². The van der Waals surface area contributed by atoms with Crippen molar-refractivity contribution in [1.29, 1.82) is 0 Å². The van der Waals surface area contributed by atoms with Crippen LogP contribution >= 0.6 is 23.1 Å². The van der Waals surface area contributed by atoms with Gasteiger partial charge >= 0.3 is 6.03 Å². The molecule has 2 heterocycles. The quantitative estimate of drug-likeness (QED) is 0.919. The minimum Gasteiger partial charge on any atom is -0.330 e. The van der Waals surface area contributed by atoms with Crippen molar-refractivity contribution in [3.8, 4) is 0 Å². The highest BCUT2D eigenvalue weighted by molar-refractivity contribution is 7.99. The summed E-state index contributed by atoms with van der Waals surface area (Å²) in [5, 5.41) is 5.25. The highest BCUT2D eigenvalue weighted by Crippen LogP contribution is 2.23. The van der Waals surface area contributed by atoms with Crippen LogP contribution in [0.15, 0.2) is 17.5 Å². The molecule has 3 nitrogen and oxygen atoms in total. The fraction of sp³-hybridized carbons (Fsp3) is 0.615. The summed E-state index contributed by atoms with van der Waals surface area (Å²) < 4.78 is 0. The van der Waals surface area contributed by atoms with Gasteiger partial charge in [0.2, 0.25) is 0 Å². The first kappa shape index (κ1) is 13.7. The van der Waals surface area contributed by atoms with Crippen molar-refractivity contribution < 1.29 is 4.79 Å². The van der Waals surface area contributed by atoms with E-state index in [9.17, 15) is 4.79 Å². The SMILES string of the molecule is CCC[C@H](NC(=O)N1CCSCC1)c1cccs1. The summed E-state index contributed by atoms with van der Waals surface area (Å²) in [5.74, 6) is 2.12. The van der Waals surface area contributed by atoms with Gasteiger partial charge in [0.05, 0.1) is 6.04 Å². The number of hydrogen-bond donors (Lipinski definition) is 1. The number of nitrogens with one attached hydrogen (secondary N) is 1. The zero-order valence-corrected chi connectivity index (χ0v) is 12.4. The van der Waals surface area contributed by atoms with E-state index in [1.807, 2.05) is 22.7 Å². The molecule has 0 spiro atoms. The van der Waals surface area contributed by atoms with Gasteiger partial charge in [-0.05, 0) is 17.9 Å². The molecule has 0 radical (unpaired) electrons. The molecule has 1 N–H and O–H groups in total. The second kappa shape index (κ2) is 7.04. The van der Waals surface area contributed by atoms with E-state index in [2.05, 4.69) is 23.7 Å². The Morgan fingerprint density at radius 2 is 2.28 bits per heavy atom. The summed E-state index contributed by atoms with van der Waals surface area (Å²) >= 11 is 3.65. The highest BCUT2D eigenvalue weighted by Gasteiger charge is 2.20. The number of nitrogens with zero attached hydrogens (tertiary/aromatic N) is 1. The second-order valence-electron chi connectivity index (χ2n) is 4.41. The third kappa shape index (κ3) is 3.65. The minimum absolute atomic E-state index is 0.0992. The molecule has 0 saturated carbocycles. The van der Waals surface area contributed by atoms with Crippen LogP contribution in [0.1, 0.15) is 30.7 Å². The topological polar surface area (TPSA) is 32.3 Å². The molecule has 100 valence electrons. The Kier molecular flexibility index (Phi) is 5.38. The smallest absolute Gasteiger partial charge is 0.317 e. The van der Waals surface area contributed by atoms with Gasteiger partial charge in [-0.25, -0.2) is 4.79 Å². The molecule has 1 aliphatic heterocycles. The first-order valence-electron chi connectivity index (χ1n) is 6.48. The average molecular weight is 284 g/mol. The van der Waals surface area contributed by atoms with E-state index < -0.39 is 0 Å². The van der Waals surface area contributed by atoms with Crippen molar-refractivity contribution in [1.82, 2.24) is 10.2 Å². The van der Waals surface area contributed by atoms with Crippen molar-refractivity contribution in [2.24, 2.45) is 0 Å². The van der Waals surface area contributed by atoms with E-state index in [-0.39, 0.29) is 12.1 Å². The first-order chi connectivity index (χ1) is 8.81. The minimum atomic E-state index is 0.0992. The maximum absolute atomic E-state index is 12.2. The van der Waals surface area contributed by atoms with Gasteiger partial charge in [-0.15, -0.1) is 11.3 Å². The molecular weight excluding hydrogens is 264 g/mol. The Hall–Kier alpha value is -0.680. The maximum atomic E-state index is 12.2. The monoisotopic (exact) mass is 284 g/mol. The van der Waals surface area contributed by atoms with Gasteiger partial charge < -0.3 is 10.2 Å². The lowest BCUT2D eigenvalue weighted by molar-refractivity contribution is 0.198. The lowest BCUT2D eigenvalue weighted by atomic mass is 10.1. The number of amides is 2.